The van der Waals surface area contributed by atoms with E-state index in [9.17, 15) is 14.4 Å². The third-order valence-electron chi connectivity index (χ3n) is 4.25. The number of hydrogen-bond acceptors (Lipinski definition) is 5. The maximum atomic E-state index is 12.7. The number of nitrogens with one attached hydrogen (secondary N) is 2. The van der Waals surface area contributed by atoms with Crippen LogP contribution in [-0.4, -0.2) is 35.7 Å². The highest BCUT2D eigenvalue weighted by molar-refractivity contribution is 6.00. The van der Waals surface area contributed by atoms with Crippen LogP contribution in [0.1, 0.15) is 52.5 Å². The van der Waals surface area contributed by atoms with Crippen molar-refractivity contribution in [2.45, 2.75) is 58.1 Å². The van der Waals surface area contributed by atoms with Gasteiger partial charge in [-0.15, -0.1) is 0 Å². The summed E-state index contributed by atoms with van der Waals surface area (Å²) in [7, 11) is 0. The number of hydrogen-bond donors (Lipinski definition) is 2. The van der Waals surface area contributed by atoms with Gasteiger partial charge >= 0.3 is 12.1 Å². The molecule has 1 aromatic carbocycles. The van der Waals surface area contributed by atoms with E-state index in [-0.39, 0.29) is 5.91 Å². The Balaban J connectivity index is 1.97. The smallest absolute Gasteiger partial charge is 0.408 e. The highest BCUT2D eigenvalue weighted by atomic mass is 16.6. The highest BCUT2D eigenvalue weighted by Crippen LogP contribution is 2.33. The molecule has 2 amide bonds. The molecule has 0 heterocycles. The van der Waals surface area contributed by atoms with Gasteiger partial charge < -0.3 is 20.1 Å². The van der Waals surface area contributed by atoms with Gasteiger partial charge in [-0.25, -0.2) is 9.59 Å². The number of carbonyl (C=O) groups excluding carboxylic acids is 3. The van der Waals surface area contributed by atoms with Gasteiger partial charge in [0, 0.05) is 11.8 Å². The Morgan fingerprint density at radius 2 is 1.79 bits per heavy atom. The van der Waals surface area contributed by atoms with E-state index in [2.05, 4.69) is 10.6 Å². The Labute approximate surface area is 165 Å². The summed E-state index contributed by atoms with van der Waals surface area (Å²) in [6.45, 7) is 7.40. The lowest BCUT2D eigenvalue weighted by atomic mass is 9.76. The predicted molar refractivity (Wildman–Crippen MR) is 107 cm³/mol. The van der Waals surface area contributed by atoms with Crippen LogP contribution in [0, 0.1) is 0 Å². The Morgan fingerprint density at radius 3 is 2.29 bits per heavy atom. The largest absolute Gasteiger partial charge is 0.463 e. The molecule has 0 bridgehead atoms. The van der Waals surface area contributed by atoms with Gasteiger partial charge in [0.1, 0.15) is 11.1 Å². The maximum Gasteiger partial charge on any atom is 0.408 e. The van der Waals surface area contributed by atoms with Crippen molar-refractivity contribution in [1.29, 1.82) is 0 Å². The minimum absolute atomic E-state index is 0.264. The van der Waals surface area contributed by atoms with Crippen molar-refractivity contribution in [3.05, 3.63) is 35.9 Å². The molecule has 2 N–H and O–H groups in total. The van der Waals surface area contributed by atoms with Crippen molar-refractivity contribution in [3.63, 3.8) is 0 Å². The van der Waals surface area contributed by atoms with E-state index in [1.165, 1.54) is 6.08 Å². The zero-order valence-corrected chi connectivity index (χ0v) is 16.8. The summed E-state index contributed by atoms with van der Waals surface area (Å²) in [4.78, 5) is 36.2. The number of esters is 1. The molecule has 0 aromatic heterocycles. The molecule has 1 fully saturated rings. The molecular formula is C21H28N2O5. The van der Waals surface area contributed by atoms with Gasteiger partial charge in [-0.1, -0.05) is 12.1 Å². The van der Waals surface area contributed by atoms with E-state index in [1.54, 1.807) is 58.0 Å². The second-order valence-corrected chi connectivity index (χ2v) is 7.72. The first-order chi connectivity index (χ1) is 13.1. The van der Waals surface area contributed by atoms with Gasteiger partial charge in [0.15, 0.2) is 0 Å². The van der Waals surface area contributed by atoms with Crippen molar-refractivity contribution < 1.29 is 23.9 Å². The number of rotatable bonds is 6. The third-order valence-corrected chi connectivity index (χ3v) is 4.25. The summed E-state index contributed by atoms with van der Waals surface area (Å²) >= 11 is 0. The average molecular weight is 388 g/mol. The summed E-state index contributed by atoms with van der Waals surface area (Å²) in [5.74, 6) is -0.667. The quantitative estimate of drug-likeness (QED) is 0.573. The van der Waals surface area contributed by atoms with E-state index in [0.717, 1.165) is 12.0 Å². The number of benzene rings is 1. The second kappa shape index (κ2) is 8.91. The standard InChI is InChI=1S/C21H28N2O5/c1-5-27-17(24)12-9-15-7-10-16(11-8-15)22-18(25)21(13-6-14-21)23-19(26)28-20(2,3)4/h7-12H,5-6,13-14H2,1-4H3,(H,22,25)(H,23,26)/b12-9+. The molecule has 1 saturated carbocycles. The Morgan fingerprint density at radius 1 is 1.14 bits per heavy atom. The zero-order chi connectivity index (χ0) is 20.8. The molecule has 1 aromatic rings. The Hall–Kier alpha value is -2.83. The number of alkyl carbamates (subject to hydrolysis) is 1. The van der Waals surface area contributed by atoms with Crippen LogP contribution in [-0.2, 0) is 19.1 Å². The van der Waals surface area contributed by atoms with E-state index in [1.807, 2.05) is 0 Å². The minimum atomic E-state index is -0.940. The predicted octanol–water partition coefficient (Wildman–Crippen LogP) is 3.65. The molecule has 152 valence electrons. The normalized spacial score (nSPS) is 15.4. The Bertz CT molecular complexity index is 743. The molecule has 1 aliphatic carbocycles. The molecular weight excluding hydrogens is 360 g/mol. The first-order valence-electron chi connectivity index (χ1n) is 9.41. The summed E-state index contributed by atoms with van der Waals surface area (Å²) in [6, 6.07) is 7.03. The van der Waals surface area contributed by atoms with E-state index in [4.69, 9.17) is 9.47 Å². The van der Waals surface area contributed by atoms with Crippen molar-refractivity contribution in [2.75, 3.05) is 11.9 Å². The van der Waals surface area contributed by atoms with Gasteiger partial charge in [0.25, 0.3) is 0 Å². The third kappa shape index (κ3) is 6.11. The second-order valence-electron chi connectivity index (χ2n) is 7.72. The summed E-state index contributed by atoms with van der Waals surface area (Å²) in [5, 5.41) is 5.57. The van der Waals surface area contributed by atoms with Gasteiger partial charge in [-0.05, 0) is 70.7 Å². The zero-order valence-electron chi connectivity index (χ0n) is 16.8. The first kappa shape index (κ1) is 21.5. The number of anilines is 1. The van der Waals surface area contributed by atoms with Crippen LogP contribution in [0.3, 0.4) is 0 Å². The monoisotopic (exact) mass is 388 g/mol. The van der Waals surface area contributed by atoms with Crippen LogP contribution >= 0.6 is 0 Å². The molecule has 0 spiro atoms. The van der Waals surface area contributed by atoms with Crippen LogP contribution in [0.4, 0.5) is 10.5 Å². The first-order valence-corrected chi connectivity index (χ1v) is 9.41. The molecule has 7 nitrogen and oxygen atoms in total. The molecule has 2 rings (SSSR count). The fraction of sp³-hybridized carbons (Fsp3) is 0.476. The molecule has 0 aliphatic heterocycles. The van der Waals surface area contributed by atoms with Crippen LogP contribution < -0.4 is 10.6 Å². The number of ether oxygens (including phenoxy) is 2. The van der Waals surface area contributed by atoms with E-state index < -0.39 is 23.2 Å². The number of carbonyl (C=O) groups is 3. The molecule has 28 heavy (non-hydrogen) atoms. The fourth-order valence-corrected chi connectivity index (χ4v) is 2.72. The van der Waals surface area contributed by atoms with E-state index >= 15 is 0 Å². The average Bonchev–Trinajstić information content (AvgIpc) is 2.56. The summed E-state index contributed by atoms with van der Waals surface area (Å²) < 4.78 is 10.1. The lowest BCUT2D eigenvalue weighted by molar-refractivity contribution is -0.137. The number of amides is 2. The van der Waals surface area contributed by atoms with Crippen LogP contribution in [0.2, 0.25) is 0 Å². The van der Waals surface area contributed by atoms with Gasteiger partial charge in [0.2, 0.25) is 5.91 Å². The van der Waals surface area contributed by atoms with Gasteiger partial charge in [-0.3, -0.25) is 4.79 Å². The molecule has 0 saturated heterocycles. The summed E-state index contributed by atoms with van der Waals surface area (Å²) in [5.41, 5.74) is -0.157. The fourth-order valence-electron chi connectivity index (χ4n) is 2.72. The minimum Gasteiger partial charge on any atom is -0.463 e. The molecule has 1 aliphatic rings. The van der Waals surface area contributed by atoms with Crippen molar-refractivity contribution in [2.24, 2.45) is 0 Å². The van der Waals surface area contributed by atoms with Crippen molar-refractivity contribution in [1.82, 2.24) is 5.32 Å². The molecule has 7 heteroatoms. The molecule has 0 radical (unpaired) electrons. The van der Waals surface area contributed by atoms with Crippen LogP contribution in [0.5, 0.6) is 0 Å². The van der Waals surface area contributed by atoms with Crippen molar-refractivity contribution >= 4 is 29.7 Å². The van der Waals surface area contributed by atoms with Crippen LogP contribution in [0.15, 0.2) is 30.3 Å². The Kier molecular flexibility index (Phi) is 6.83. The SMILES string of the molecule is CCOC(=O)/C=C/c1ccc(NC(=O)C2(NC(=O)OC(C)(C)C)CCC2)cc1. The molecule has 0 atom stereocenters. The lowest BCUT2D eigenvalue weighted by Crippen LogP contribution is -2.61. The van der Waals surface area contributed by atoms with Gasteiger partial charge in [0.05, 0.1) is 6.61 Å². The maximum absolute atomic E-state index is 12.7. The highest BCUT2D eigenvalue weighted by Gasteiger charge is 2.46. The molecule has 0 unspecified atom stereocenters. The summed E-state index contributed by atoms with van der Waals surface area (Å²) in [6.07, 6.45) is 4.39. The lowest BCUT2D eigenvalue weighted by Gasteiger charge is -2.40. The van der Waals surface area contributed by atoms with Gasteiger partial charge in [-0.2, -0.15) is 0 Å². The topological polar surface area (TPSA) is 93.7 Å². The van der Waals surface area contributed by atoms with Crippen LogP contribution in [0.25, 0.3) is 6.08 Å². The van der Waals surface area contributed by atoms with Crippen molar-refractivity contribution in [3.8, 4) is 0 Å². The van der Waals surface area contributed by atoms with E-state index in [0.29, 0.717) is 25.1 Å².